The zero-order valence-corrected chi connectivity index (χ0v) is 9.15. The Hall–Kier alpha value is -2.02. The van der Waals surface area contributed by atoms with Crippen LogP contribution in [0.2, 0.25) is 0 Å². The molecule has 0 radical (unpaired) electrons. The zero-order valence-electron chi connectivity index (χ0n) is 8.34. The Bertz CT molecular complexity index is 515. The first-order chi connectivity index (χ1) is 7.59. The Balaban J connectivity index is 2.58. The lowest BCUT2D eigenvalue weighted by Crippen LogP contribution is -2.10. The summed E-state index contributed by atoms with van der Waals surface area (Å²) in [7, 11) is 0. The molecule has 2 aromatic rings. The van der Waals surface area contributed by atoms with Crippen LogP contribution in [0.3, 0.4) is 0 Å². The Morgan fingerprint density at radius 1 is 1.50 bits per heavy atom. The molecule has 0 aliphatic heterocycles. The highest BCUT2D eigenvalue weighted by Gasteiger charge is 2.16. The number of nitrogens with zero attached hydrogens (tertiary/aromatic N) is 3. The van der Waals surface area contributed by atoms with Crippen molar-refractivity contribution >= 4 is 23.1 Å². The van der Waals surface area contributed by atoms with Gasteiger partial charge in [-0.3, -0.25) is 0 Å². The number of nitrogen functional groups attached to an aromatic ring is 1. The summed E-state index contributed by atoms with van der Waals surface area (Å²) in [6.45, 7) is 1.58. The van der Waals surface area contributed by atoms with Gasteiger partial charge in [-0.2, -0.15) is 0 Å². The molecule has 0 saturated carbocycles. The number of rotatable bonds is 2. The summed E-state index contributed by atoms with van der Waals surface area (Å²) in [5.74, 6) is -0.816. The van der Waals surface area contributed by atoms with Crippen LogP contribution in [0.5, 0.6) is 0 Å². The van der Waals surface area contributed by atoms with Crippen LogP contribution >= 0.6 is 11.3 Å². The van der Waals surface area contributed by atoms with Crippen molar-refractivity contribution in [3.05, 3.63) is 22.1 Å². The summed E-state index contributed by atoms with van der Waals surface area (Å²) in [6, 6.07) is 0. The maximum atomic E-state index is 10.9. The molecule has 7 heteroatoms. The first-order valence-electron chi connectivity index (χ1n) is 4.35. The summed E-state index contributed by atoms with van der Waals surface area (Å²) in [5.41, 5.74) is 8.09. The highest BCUT2D eigenvalue weighted by atomic mass is 32.1. The number of aromatic nitrogens is 3. The van der Waals surface area contributed by atoms with Crippen LogP contribution in [0, 0.1) is 6.92 Å². The molecular formula is C9H8N4O2S. The smallest absolute Gasteiger partial charge is 0.341 e. The molecule has 2 aromatic heterocycles. The highest BCUT2D eigenvalue weighted by Crippen LogP contribution is 2.20. The van der Waals surface area contributed by atoms with E-state index in [1.807, 2.05) is 0 Å². The van der Waals surface area contributed by atoms with E-state index >= 15 is 0 Å². The normalized spacial score (nSPS) is 10.3. The van der Waals surface area contributed by atoms with Crippen molar-refractivity contribution in [2.75, 3.05) is 5.73 Å². The molecule has 2 rings (SSSR count). The van der Waals surface area contributed by atoms with Crippen molar-refractivity contribution in [1.29, 1.82) is 0 Å². The second kappa shape index (κ2) is 3.86. The van der Waals surface area contributed by atoms with Crippen LogP contribution in [0.15, 0.2) is 10.9 Å². The molecule has 0 bridgehead atoms. The number of aromatic carboxylic acids is 1. The van der Waals surface area contributed by atoms with Gasteiger partial charge in [-0.05, 0) is 6.92 Å². The van der Waals surface area contributed by atoms with E-state index in [1.165, 1.54) is 11.3 Å². The minimum absolute atomic E-state index is 0.0389. The van der Waals surface area contributed by atoms with Gasteiger partial charge in [0.2, 0.25) is 0 Å². The number of nitrogens with two attached hydrogens (primary N) is 1. The van der Waals surface area contributed by atoms with Crippen molar-refractivity contribution in [3.8, 4) is 11.5 Å². The average molecular weight is 236 g/mol. The van der Waals surface area contributed by atoms with E-state index in [0.717, 1.165) is 0 Å². The van der Waals surface area contributed by atoms with Crippen LogP contribution in [0.25, 0.3) is 11.5 Å². The van der Waals surface area contributed by atoms with Crippen LogP contribution in [0.1, 0.15) is 16.1 Å². The topological polar surface area (TPSA) is 102 Å². The molecule has 0 amide bonds. The molecule has 16 heavy (non-hydrogen) atoms. The van der Waals surface area contributed by atoms with Gasteiger partial charge in [0.15, 0.2) is 5.82 Å². The minimum atomic E-state index is -1.13. The molecule has 2 heterocycles. The average Bonchev–Trinajstić information content (AvgIpc) is 2.67. The van der Waals surface area contributed by atoms with Gasteiger partial charge in [0.1, 0.15) is 17.1 Å². The van der Waals surface area contributed by atoms with Gasteiger partial charge in [-0.15, -0.1) is 11.3 Å². The maximum absolute atomic E-state index is 10.9. The second-order valence-electron chi connectivity index (χ2n) is 3.07. The van der Waals surface area contributed by atoms with E-state index < -0.39 is 5.97 Å². The second-order valence-corrected chi connectivity index (χ2v) is 3.79. The third-order valence-electron chi connectivity index (χ3n) is 1.99. The Labute approximate surface area is 94.8 Å². The van der Waals surface area contributed by atoms with Crippen molar-refractivity contribution in [1.82, 2.24) is 15.0 Å². The molecule has 0 saturated heterocycles. The van der Waals surface area contributed by atoms with E-state index in [-0.39, 0.29) is 11.4 Å². The van der Waals surface area contributed by atoms with E-state index in [0.29, 0.717) is 17.2 Å². The van der Waals surface area contributed by atoms with Crippen molar-refractivity contribution in [2.45, 2.75) is 6.92 Å². The molecule has 0 aromatic carbocycles. The molecular weight excluding hydrogens is 228 g/mol. The van der Waals surface area contributed by atoms with Gasteiger partial charge < -0.3 is 10.8 Å². The fraction of sp³-hybridized carbons (Fsp3) is 0.111. The van der Waals surface area contributed by atoms with Gasteiger partial charge in [0.05, 0.1) is 11.2 Å². The van der Waals surface area contributed by atoms with Crippen LogP contribution < -0.4 is 5.73 Å². The lowest BCUT2D eigenvalue weighted by atomic mass is 10.2. The van der Waals surface area contributed by atoms with E-state index in [2.05, 4.69) is 15.0 Å². The van der Waals surface area contributed by atoms with Crippen molar-refractivity contribution in [2.24, 2.45) is 0 Å². The molecule has 0 spiro atoms. The monoisotopic (exact) mass is 236 g/mol. The van der Waals surface area contributed by atoms with Crippen molar-refractivity contribution < 1.29 is 9.90 Å². The van der Waals surface area contributed by atoms with Gasteiger partial charge in [-0.1, -0.05) is 0 Å². The van der Waals surface area contributed by atoms with Gasteiger partial charge in [0.25, 0.3) is 0 Å². The number of thiazole rings is 1. The summed E-state index contributed by atoms with van der Waals surface area (Å²) in [5, 5.41) is 10.7. The molecule has 6 nitrogen and oxygen atoms in total. The number of carbonyl (C=O) groups is 1. The number of carboxylic acids is 1. The first-order valence-corrected chi connectivity index (χ1v) is 5.30. The fourth-order valence-electron chi connectivity index (χ4n) is 1.30. The van der Waals surface area contributed by atoms with Crippen LogP contribution in [0.4, 0.5) is 5.82 Å². The lowest BCUT2D eigenvalue weighted by Gasteiger charge is -2.05. The third kappa shape index (κ3) is 1.72. The summed E-state index contributed by atoms with van der Waals surface area (Å²) in [4.78, 5) is 22.9. The molecule has 0 atom stereocenters. The number of aryl methyl sites for hydroxylation is 1. The number of hydrogen-bond acceptors (Lipinski definition) is 6. The number of carboxylic acid groups (broad SMARTS) is 1. The summed E-state index contributed by atoms with van der Waals surface area (Å²) >= 11 is 1.41. The summed E-state index contributed by atoms with van der Waals surface area (Å²) in [6.07, 6.45) is 0. The molecule has 3 N–H and O–H groups in total. The maximum Gasteiger partial charge on any atom is 0.341 e. The lowest BCUT2D eigenvalue weighted by molar-refractivity contribution is 0.0696. The Kier molecular flexibility index (Phi) is 2.53. The molecule has 0 aliphatic carbocycles. The predicted octanol–water partition coefficient (Wildman–Crippen LogP) is 1.19. The Morgan fingerprint density at radius 2 is 2.25 bits per heavy atom. The van der Waals surface area contributed by atoms with E-state index in [1.54, 1.807) is 17.8 Å². The molecule has 0 unspecified atom stereocenters. The van der Waals surface area contributed by atoms with Crippen LogP contribution in [-0.2, 0) is 0 Å². The minimum Gasteiger partial charge on any atom is -0.477 e. The van der Waals surface area contributed by atoms with Gasteiger partial charge in [0, 0.05) is 5.38 Å². The van der Waals surface area contributed by atoms with Gasteiger partial charge >= 0.3 is 5.97 Å². The first kappa shape index (κ1) is 10.5. The van der Waals surface area contributed by atoms with E-state index in [9.17, 15) is 4.79 Å². The summed E-state index contributed by atoms with van der Waals surface area (Å²) < 4.78 is 0. The molecule has 0 aliphatic rings. The highest BCUT2D eigenvalue weighted by molar-refractivity contribution is 7.07. The molecule has 82 valence electrons. The Morgan fingerprint density at radius 3 is 2.75 bits per heavy atom. The van der Waals surface area contributed by atoms with Crippen molar-refractivity contribution in [3.63, 3.8) is 0 Å². The SMILES string of the molecule is Cc1nc(-c2cscn2)nc(N)c1C(=O)O. The van der Waals surface area contributed by atoms with Crippen LogP contribution in [-0.4, -0.2) is 26.0 Å². The quantitative estimate of drug-likeness (QED) is 0.811. The zero-order chi connectivity index (χ0) is 11.7. The largest absolute Gasteiger partial charge is 0.477 e. The predicted molar refractivity (Wildman–Crippen MR) is 59.2 cm³/mol. The number of anilines is 1. The molecule has 0 fully saturated rings. The number of hydrogen-bond donors (Lipinski definition) is 2. The third-order valence-corrected chi connectivity index (χ3v) is 2.58. The van der Waals surface area contributed by atoms with Gasteiger partial charge in [-0.25, -0.2) is 19.7 Å². The van der Waals surface area contributed by atoms with E-state index in [4.69, 9.17) is 10.8 Å². The fourth-order valence-corrected chi connectivity index (χ4v) is 1.83. The standard InChI is InChI=1S/C9H8N4O2S/c1-4-6(9(14)15)7(10)13-8(12-4)5-2-16-3-11-5/h2-3H,1H3,(H,14,15)(H2,10,12,13).